The fourth-order valence-electron chi connectivity index (χ4n) is 3.24. The van der Waals surface area contributed by atoms with Crippen molar-refractivity contribution < 1.29 is 4.79 Å². The first-order chi connectivity index (χ1) is 8.69. The van der Waals surface area contributed by atoms with E-state index in [9.17, 15) is 4.79 Å². The van der Waals surface area contributed by atoms with Gasteiger partial charge in [0.05, 0.1) is 6.54 Å². The van der Waals surface area contributed by atoms with E-state index in [1.807, 2.05) is 0 Å². The van der Waals surface area contributed by atoms with Crippen molar-refractivity contribution in [1.82, 2.24) is 10.2 Å². The van der Waals surface area contributed by atoms with Gasteiger partial charge in [0.25, 0.3) is 0 Å². The lowest BCUT2D eigenvalue weighted by Crippen LogP contribution is -2.45. The van der Waals surface area contributed by atoms with Crippen LogP contribution < -0.4 is 11.1 Å². The smallest absolute Gasteiger partial charge is 0.234 e. The van der Waals surface area contributed by atoms with Crippen LogP contribution in [0.3, 0.4) is 0 Å². The monoisotopic (exact) mass is 253 g/mol. The van der Waals surface area contributed by atoms with Gasteiger partial charge < -0.3 is 11.1 Å². The molecule has 0 spiro atoms. The van der Waals surface area contributed by atoms with E-state index in [1.165, 1.54) is 19.3 Å². The largest absolute Gasteiger partial charge is 0.352 e. The van der Waals surface area contributed by atoms with Gasteiger partial charge >= 0.3 is 0 Å². The number of nitrogens with zero attached hydrogens (tertiary/aromatic N) is 1. The second-order valence-corrected chi connectivity index (χ2v) is 6.06. The van der Waals surface area contributed by atoms with Gasteiger partial charge in [-0.1, -0.05) is 19.8 Å². The minimum Gasteiger partial charge on any atom is -0.352 e. The number of hydrogen-bond acceptors (Lipinski definition) is 3. The van der Waals surface area contributed by atoms with Crippen LogP contribution in [0.4, 0.5) is 0 Å². The van der Waals surface area contributed by atoms with Crippen molar-refractivity contribution in [2.75, 3.05) is 26.2 Å². The molecule has 0 radical (unpaired) electrons. The molecular formula is C14H27N3O. The van der Waals surface area contributed by atoms with Crippen LogP contribution in [-0.4, -0.2) is 43.0 Å². The van der Waals surface area contributed by atoms with Gasteiger partial charge in [0.1, 0.15) is 0 Å². The zero-order chi connectivity index (χ0) is 13.0. The third-order valence-electron chi connectivity index (χ3n) is 4.53. The molecule has 1 aliphatic heterocycles. The third kappa shape index (κ3) is 3.69. The van der Waals surface area contributed by atoms with E-state index in [1.54, 1.807) is 0 Å². The quantitative estimate of drug-likeness (QED) is 0.784. The molecule has 3 unspecified atom stereocenters. The molecule has 1 amide bonds. The lowest BCUT2D eigenvalue weighted by molar-refractivity contribution is -0.123. The molecule has 3 atom stereocenters. The summed E-state index contributed by atoms with van der Waals surface area (Å²) in [4.78, 5) is 14.3. The zero-order valence-corrected chi connectivity index (χ0v) is 11.5. The second-order valence-electron chi connectivity index (χ2n) is 6.06. The fourth-order valence-corrected chi connectivity index (χ4v) is 3.24. The highest BCUT2D eigenvalue weighted by Gasteiger charge is 2.26. The Bertz CT molecular complexity index is 282. The molecule has 18 heavy (non-hydrogen) atoms. The molecule has 0 aromatic carbocycles. The second kappa shape index (κ2) is 6.53. The summed E-state index contributed by atoms with van der Waals surface area (Å²) >= 11 is 0. The van der Waals surface area contributed by atoms with E-state index in [0.717, 1.165) is 32.5 Å². The van der Waals surface area contributed by atoms with Crippen LogP contribution in [0.2, 0.25) is 0 Å². The first kappa shape index (κ1) is 13.8. The number of hydrogen-bond donors (Lipinski definition) is 2. The average molecular weight is 253 g/mol. The van der Waals surface area contributed by atoms with Crippen LogP contribution in [0.15, 0.2) is 0 Å². The van der Waals surface area contributed by atoms with Crippen LogP contribution in [0, 0.1) is 11.8 Å². The summed E-state index contributed by atoms with van der Waals surface area (Å²) in [6.45, 7) is 5.57. The van der Waals surface area contributed by atoms with Crippen LogP contribution in [-0.2, 0) is 4.79 Å². The van der Waals surface area contributed by atoms with E-state index in [-0.39, 0.29) is 5.91 Å². The maximum Gasteiger partial charge on any atom is 0.234 e. The van der Waals surface area contributed by atoms with E-state index >= 15 is 0 Å². The van der Waals surface area contributed by atoms with E-state index in [2.05, 4.69) is 17.1 Å². The van der Waals surface area contributed by atoms with Crippen molar-refractivity contribution in [3.8, 4) is 0 Å². The Morgan fingerprint density at radius 1 is 1.33 bits per heavy atom. The summed E-state index contributed by atoms with van der Waals surface area (Å²) in [7, 11) is 0. The highest BCUT2D eigenvalue weighted by Crippen LogP contribution is 2.23. The molecule has 4 heteroatoms. The van der Waals surface area contributed by atoms with Gasteiger partial charge in [0.2, 0.25) is 5.91 Å². The minimum absolute atomic E-state index is 0.200. The molecule has 3 N–H and O–H groups in total. The van der Waals surface area contributed by atoms with Crippen LogP contribution in [0.1, 0.15) is 39.0 Å². The first-order valence-corrected chi connectivity index (χ1v) is 7.41. The molecule has 2 rings (SSSR count). The number of nitrogens with two attached hydrogens (primary N) is 1. The van der Waals surface area contributed by atoms with Gasteiger partial charge in [-0.05, 0) is 44.2 Å². The summed E-state index contributed by atoms with van der Waals surface area (Å²) in [5.74, 6) is 1.43. The molecule has 0 aromatic rings. The number of rotatable bonds is 4. The summed E-state index contributed by atoms with van der Waals surface area (Å²) < 4.78 is 0. The van der Waals surface area contributed by atoms with Crippen LogP contribution in [0.5, 0.6) is 0 Å². The van der Waals surface area contributed by atoms with Crippen LogP contribution >= 0.6 is 0 Å². The normalized spacial score (nSPS) is 33.6. The lowest BCUT2D eigenvalue weighted by Gasteiger charge is -2.30. The fraction of sp³-hybridized carbons (Fsp3) is 0.929. The number of likely N-dealkylation sites (tertiary alicyclic amines) is 1. The Kier molecular flexibility index (Phi) is 5.01. The first-order valence-electron chi connectivity index (χ1n) is 7.41. The summed E-state index contributed by atoms with van der Waals surface area (Å²) in [6.07, 6.45) is 6.12. The molecule has 0 aromatic heterocycles. The Hall–Kier alpha value is -0.610. The van der Waals surface area contributed by atoms with Crippen molar-refractivity contribution in [2.24, 2.45) is 17.6 Å². The molecule has 2 fully saturated rings. The van der Waals surface area contributed by atoms with Crippen molar-refractivity contribution in [2.45, 2.75) is 45.1 Å². The Morgan fingerprint density at radius 2 is 2.11 bits per heavy atom. The molecule has 0 bridgehead atoms. The Labute approximate surface area is 110 Å². The van der Waals surface area contributed by atoms with E-state index < -0.39 is 0 Å². The summed E-state index contributed by atoms with van der Waals surface area (Å²) in [5.41, 5.74) is 5.67. The molecule has 1 saturated carbocycles. The lowest BCUT2D eigenvalue weighted by atomic mass is 9.86. The van der Waals surface area contributed by atoms with E-state index in [4.69, 9.17) is 5.73 Å². The topological polar surface area (TPSA) is 58.4 Å². The van der Waals surface area contributed by atoms with Gasteiger partial charge in [-0.3, -0.25) is 9.69 Å². The SMILES string of the molecule is CC1CCCCC1NC(=O)CN1CCC(CN)C1. The highest BCUT2D eigenvalue weighted by atomic mass is 16.2. The van der Waals surface area contributed by atoms with Gasteiger partial charge in [0.15, 0.2) is 0 Å². The van der Waals surface area contributed by atoms with Crippen molar-refractivity contribution in [3.05, 3.63) is 0 Å². The van der Waals surface area contributed by atoms with Gasteiger partial charge in [-0.15, -0.1) is 0 Å². The standard InChI is InChI=1S/C14H27N3O/c1-11-4-2-3-5-13(11)16-14(18)10-17-7-6-12(8-15)9-17/h11-13H,2-10,15H2,1H3,(H,16,18). The third-order valence-corrected chi connectivity index (χ3v) is 4.53. The van der Waals surface area contributed by atoms with Crippen molar-refractivity contribution in [3.63, 3.8) is 0 Å². The highest BCUT2D eigenvalue weighted by molar-refractivity contribution is 5.78. The average Bonchev–Trinajstić information content (AvgIpc) is 2.80. The van der Waals surface area contributed by atoms with Gasteiger partial charge in [-0.2, -0.15) is 0 Å². The molecule has 4 nitrogen and oxygen atoms in total. The zero-order valence-electron chi connectivity index (χ0n) is 11.5. The molecule has 1 heterocycles. The van der Waals surface area contributed by atoms with Gasteiger partial charge in [-0.25, -0.2) is 0 Å². The molecule has 2 aliphatic rings. The van der Waals surface area contributed by atoms with Crippen LogP contribution in [0.25, 0.3) is 0 Å². The molecule has 1 aliphatic carbocycles. The number of nitrogens with one attached hydrogen (secondary N) is 1. The predicted octanol–water partition coefficient (Wildman–Crippen LogP) is 0.962. The Balaban J connectivity index is 1.71. The predicted molar refractivity (Wildman–Crippen MR) is 73.2 cm³/mol. The Morgan fingerprint density at radius 3 is 2.78 bits per heavy atom. The number of amides is 1. The van der Waals surface area contributed by atoms with Gasteiger partial charge in [0, 0.05) is 12.6 Å². The minimum atomic E-state index is 0.200. The molecule has 104 valence electrons. The maximum atomic E-state index is 12.0. The molecular weight excluding hydrogens is 226 g/mol. The maximum absolute atomic E-state index is 12.0. The van der Waals surface area contributed by atoms with E-state index in [0.29, 0.717) is 24.4 Å². The van der Waals surface area contributed by atoms with Crippen molar-refractivity contribution >= 4 is 5.91 Å². The molecule has 1 saturated heterocycles. The summed E-state index contributed by atoms with van der Waals surface area (Å²) in [5, 5.41) is 3.22. The number of carbonyl (C=O) groups excluding carboxylic acids is 1. The van der Waals surface area contributed by atoms with Crippen molar-refractivity contribution in [1.29, 1.82) is 0 Å². The number of carbonyl (C=O) groups is 1. The summed E-state index contributed by atoms with van der Waals surface area (Å²) in [6, 6.07) is 0.402.